The summed E-state index contributed by atoms with van der Waals surface area (Å²) in [6.45, 7) is 7.32. The van der Waals surface area contributed by atoms with Crippen LogP contribution >= 0.6 is 15.9 Å². The van der Waals surface area contributed by atoms with Gasteiger partial charge in [-0.2, -0.15) is 0 Å². The fraction of sp³-hybridized carbons (Fsp3) is 0.294. The molecule has 2 heteroatoms. The summed E-state index contributed by atoms with van der Waals surface area (Å²) in [4.78, 5) is 0. The van der Waals surface area contributed by atoms with Crippen molar-refractivity contribution in [3.8, 4) is 0 Å². The molecule has 0 amide bonds. The van der Waals surface area contributed by atoms with E-state index in [0.717, 1.165) is 13.0 Å². The topological polar surface area (TPSA) is 12.0 Å². The molecule has 19 heavy (non-hydrogen) atoms. The predicted molar refractivity (Wildman–Crippen MR) is 86.8 cm³/mol. The minimum absolute atomic E-state index is 0.858. The molecule has 0 bridgehead atoms. The lowest BCUT2D eigenvalue weighted by Crippen LogP contribution is -2.04. The van der Waals surface area contributed by atoms with Crippen LogP contribution in [0.15, 0.2) is 40.9 Å². The van der Waals surface area contributed by atoms with Gasteiger partial charge in [0.2, 0.25) is 0 Å². The standard InChI is InChI=1S/C17H20BrN/c1-4-15-7-5-6-13(3)17(15)19-11-14-9-8-12(2)16(18)10-14/h5-10,19H,4,11H2,1-3H3. The zero-order valence-electron chi connectivity index (χ0n) is 11.8. The Hall–Kier alpha value is -1.28. The highest BCUT2D eigenvalue weighted by Crippen LogP contribution is 2.23. The molecule has 0 atom stereocenters. The molecule has 100 valence electrons. The van der Waals surface area contributed by atoms with Crippen LogP contribution in [0.5, 0.6) is 0 Å². The van der Waals surface area contributed by atoms with Gasteiger partial charge in [0.05, 0.1) is 0 Å². The number of anilines is 1. The second kappa shape index (κ2) is 6.25. The van der Waals surface area contributed by atoms with Gasteiger partial charge in [-0.1, -0.05) is 53.2 Å². The van der Waals surface area contributed by atoms with Crippen LogP contribution in [-0.2, 0) is 13.0 Å². The Morgan fingerprint density at radius 1 is 1.05 bits per heavy atom. The normalized spacial score (nSPS) is 10.5. The molecule has 0 saturated carbocycles. The maximum atomic E-state index is 3.59. The Balaban J connectivity index is 2.16. The number of halogens is 1. The molecule has 0 heterocycles. The summed E-state index contributed by atoms with van der Waals surface area (Å²) in [5.41, 5.74) is 6.54. The molecule has 0 saturated heterocycles. The Morgan fingerprint density at radius 3 is 2.53 bits per heavy atom. The van der Waals surface area contributed by atoms with Crippen LogP contribution in [0, 0.1) is 13.8 Å². The van der Waals surface area contributed by atoms with Gasteiger partial charge in [0.25, 0.3) is 0 Å². The van der Waals surface area contributed by atoms with E-state index in [2.05, 4.69) is 78.4 Å². The Bertz CT molecular complexity index is 575. The number of hydrogen-bond acceptors (Lipinski definition) is 1. The smallest absolute Gasteiger partial charge is 0.0404 e. The highest BCUT2D eigenvalue weighted by molar-refractivity contribution is 9.10. The van der Waals surface area contributed by atoms with E-state index in [1.165, 1.54) is 32.4 Å². The van der Waals surface area contributed by atoms with Crippen LogP contribution in [0.1, 0.15) is 29.2 Å². The summed E-state index contributed by atoms with van der Waals surface area (Å²) >= 11 is 3.59. The molecule has 2 aromatic rings. The maximum Gasteiger partial charge on any atom is 0.0404 e. The van der Waals surface area contributed by atoms with Crippen LogP contribution in [0.25, 0.3) is 0 Å². The number of nitrogens with one attached hydrogen (secondary N) is 1. The van der Waals surface area contributed by atoms with Crippen molar-refractivity contribution < 1.29 is 0 Å². The molecule has 2 rings (SSSR count). The summed E-state index contributed by atoms with van der Waals surface area (Å²) in [5.74, 6) is 0. The van der Waals surface area contributed by atoms with Gasteiger partial charge in [0, 0.05) is 16.7 Å². The highest BCUT2D eigenvalue weighted by atomic mass is 79.9. The zero-order chi connectivity index (χ0) is 13.8. The summed E-state index contributed by atoms with van der Waals surface area (Å²) in [5, 5.41) is 3.57. The lowest BCUT2D eigenvalue weighted by atomic mass is 10.1. The van der Waals surface area contributed by atoms with E-state index in [4.69, 9.17) is 0 Å². The maximum absolute atomic E-state index is 3.59. The van der Waals surface area contributed by atoms with Crippen LogP contribution in [0.4, 0.5) is 5.69 Å². The van der Waals surface area contributed by atoms with Crippen LogP contribution in [-0.4, -0.2) is 0 Å². The van der Waals surface area contributed by atoms with E-state index in [9.17, 15) is 0 Å². The SMILES string of the molecule is CCc1cccc(C)c1NCc1ccc(C)c(Br)c1. The third kappa shape index (κ3) is 3.38. The Labute approximate surface area is 124 Å². The minimum Gasteiger partial charge on any atom is -0.381 e. The molecule has 0 aromatic heterocycles. The Morgan fingerprint density at radius 2 is 1.84 bits per heavy atom. The first-order chi connectivity index (χ1) is 9.11. The van der Waals surface area contributed by atoms with Crippen molar-refractivity contribution in [3.05, 3.63) is 63.1 Å². The number of hydrogen-bond donors (Lipinski definition) is 1. The summed E-state index contributed by atoms with van der Waals surface area (Å²) in [7, 11) is 0. The molecule has 0 spiro atoms. The number of benzene rings is 2. The molecule has 0 radical (unpaired) electrons. The van der Waals surface area contributed by atoms with Gasteiger partial charge >= 0.3 is 0 Å². The monoisotopic (exact) mass is 317 g/mol. The van der Waals surface area contributed by atoms with Crippen molar-refractivity contribution in [1.29, 1.82) is 0 Å². The van der Waals surface area contributed by atoms with Crippen molar-refractivity contribution in [3.63, 3.8) is 0 Å². The first-order valence-corrected chi connectivity index (χ1v) is 7.48. The fourth-order valence-corrected chi connectivity index (χ4v) is 2.64. The number of rotatable bonds is 4. The second-order valence-corrected chi connectivity index (χ2v) is 5.75. The second-order valence-electron chi connectivity index (χ2n) is 4.90. The van der Waals surface area contributed by atoms with Crippen molar-refractivity contribution >= 4 is 21.6 Å². The van der Waals surface area contributed by atoms with Crippen molar-refractivity contribution in [2.24, 2.45) is 0 Å². The van der Waals surface area contributed by atoms with E-state index in [0.29, 0.717) is 0 Å². The Kier molecular flexibility index (Phi) is 4.65. The highest BCUT2D eigenvalue weighted by Gasteiger charge is 2.04. The van der Waals surface area contributed by atoms with Gasteiger partial charge in [-0.3, -0.25) is 0 Å². The van der Waals surface area contributed by atoms with E-state index in [1.807, 2.05) is 0 Å². The van der Waals surface area contributed by atoms with Gasteiger partial charge in [-0.25, -0.2) is 0 Å². The third-order valence-electron chi connectivity index (χ3n) is 3.45. The molecule has 0 aliphatic rings. The van der Waals surface area contributed by atoms with E-state index < -0.39 is 0 Å². The lowest BCUT2D eigenvalue weighted by molar-refractivity contribution is 1.08. The van der Waals surface area contributed by atoms with Gasteiger partial charge in [0.1, 0.15) is 0 Å². The summed E-state index contributed by atoms with van der Waals surface area (Å²) in [6, 6.07) is 13.0. The van der Waals surface area contributed by atoms with Gasteiger partial charge in [-0.15, -0.1) is 0 Å². The van der Waals surface area contributed by atoms with Crippen LogP contribution < -0.4 is 5.32 Å². The molecule has 0 unspecified atom stereocenters. The molecular formula is C17H20BrN. The van der Waals surface area contributed by atoms with Crippen molar-refractivity contribution in [2.75, 3.05) is 5.32 Å². The van der Waals surface area contributed by atoms with Gasteiger partial charge in [0.15, 0.2) is 0 Å². The molecule has 2 aromatic carbocycles. The van der Waals surface area contributed by atoms with E-state index in [-0.39, 0.29) is 0 Å². The van der Waals surface area contributed by atoms with Crippen molar-refractivity contribution in [2.45, 2.75) is 33.7 Å². The fourth-order valence-electron chi connectivity index (χ4n) is 2.21. The molecule has 0 fully saturated rings. The minimum atomic E-state index is 0.858. The van der Waals surface area contributed by atoms with E-state index >= 15 is 0 Å². The molecule has 0 aliphatic heterocycles. The number of aryl methyl sites for hydroxylation is 3. The molecule has 0 aliphatic carbocycles. The molecule has 1 nitrogen and oxygen atoms in total. The van der Waals surface area contributed by atoms with Crippen molar-refractivity contribution in [1.82, 2.24) is 0 Å². The average Bonchev–Trinajstić information content (AvgIpc) is 2.41. The average molecular weight is 318 g/mol. The van der Waals surface area contributed by atoms with Gasteiger partial charge < -0.3 is 5.32 Å². The van der Waals surface area contributed by atoms with Gasteiger partial charge in [-0.05, 0) is 48.6 Å². The predicted octanol–water partition coefficient (Wildman–Crippen LogP) is 5.24. The summed E-state index contributed by atoms with van der Waals surface area (Å²) in [6.07, 6.45) is 1.06. The summed E-state index contributed by atoms with van der Waals surface area (Å²) < 4.78 is 1.17. The quantitative estimate of drug-likeness (QED) is 0.813. The van der Waals surface area contributed by atoms with Crippen LogP contribution in [0.2, 0.25) is 0 Å². The third-order valence-corrected chi connectivity index (χ3v) is 4.30. The van der Waals surface area contributed by atoms with Crippen LogP contribution in [0.3, 0.4) is 0 Å². The first kappa shape index (κ1) is 14.1. The first-order valence-electron chi connectivity index (χ1n) is 6.69. The molecule has 1 N–H and O–H groups in total. The van der Waals surface area contributed by atoms with E-state index in [1.54, 1.807) is 0 Å². The molecular weight excluding hydrogens is 298 g/mol. The zero-order valence-corrected chi connectivity index (χ0v) is 13.3. The lowest BCUT2D eigenvalue weighted by Gasteiger charge is -2.14. The largest absolute Gasteiger partial charge is 0.381 e. The number of para-hydroxylation sites is 1.